The molecule has 3 heterocycles. The van der Waals surface area contributed by atoms with Crippen LogP contribution in [0.2, 0.25) is 0 Å². The van der Waals surface area contributed by atoms with Gasteiger partial charge < -0.3 is 9.84 Å². The molecule has 1 aliphatic carbocycles. The van der Waals surface area contributed by atoms with E-state index >= 15 is 0 Å². The first kappa shape index (κ1) is 18.5. The molecule has 0 radical (unpaired) electrons. The lowest BCUT2D eigenvalue weighted by Crippen LogP contribution is -2.38. The zero-order valence-corrected chi connectivity index (χ0v) is 17.2. The van der Waals surface area contributed by atoms with Crippen molar-refractivity contribution in [3.8, 4) is 0 Å². The van der Waals surface area contributed by atoms with Gasteiger partial charge >= 0.3 is 0 Å². The summed E-state index contributed by atoms with van der Waals surface area (Å²) in [5.41, 5.74) is 1.86. The lowest BCUT2D eigenvalue weighted by atomic mass is 9.80. The summed E-state index contributed by atoms with van der Waals surface area (Å²) in [6, 6.07) is 12.5. The van der Waals surface area contributed by atoms with Crippen molar-refractivity contribution in [1.29, 1.82) is 0 Å². The van der Waals surface area contributed by atoms with Gasteiger partial charge in [0, 0.05) is 36.6 Å². The molecular formula is C22H24N4O2S. The standard InChI is InChI=1S/C22H24N4O2S/c1-15-23-21(28-25-15)22-10-19(24-20(27)17-7-8-29-13-17)9-18(22)12-26(14-22)11-16-5-3-2-4-6-16/h2-8,13,18-19H,9-12,14H2,1H3,(H,24,27). The average molecular weight is 409 g/mol. The summed E-state index contributed by atoms with van der Waals surface area (Å²) in [5, 5.41) is 11.1. The number of hydrogen-bond donors (Lipinski definition) is 1. The summed E-state index contributed by atoms with van der Waals surface area (Å²) in [6.45, 7) is 4.62. The van der Waals surface area contributed by atoms with E-state index in [9.17, 15) is 4.79 Å². The van der Waals surface area contributed by atoms with Crippen LogP contribution < -0.4 is 5.32 Å². The molecule has 7 heteroatoms. The molecule has 3 unspecified atom stereocenters. The normalized spacial score (nSPS) is 26.5. The molecule has 1 aliphatic heterocycles. The first-order valence-corrected chi connectivity index (χ1v) is 11.0. The fourth-order valence-electron chi connectivity index (χ4n) is 5.04. The van der Waals surface area contributed by atoms with Crippen molar-refractivity contribution >= 4 is 17.2 Å². The molecule has 6 nitrogen and oxygen atoms in total. The summed E-state index contributed by atoms with van der Waals surface area (Å²) in [6.07, 6.45) is 1.77. The molecule has 2 aromatic heterocycles. The molecule has 150 valence electrons. The molecule has 5 rings (SSSR count). The maximum absolute atomic E-state index is 12.6. The number of amides is 1. The molecule has 1 N–H and O–H groups in total. The van der Waals surface area contributed by atoms with E-state index in [1.54, 1.807) is 11.3 Å². The van der Waals surface area contributed by atoms with Crippen molar-refractivity contribution < 1.29 is 9.32 Å². The molecule has 1 amide bonds. The molecule has 2 aliphatic rings. The van der Waals surface area contributed by atoms with Gasteiger partial charge in [0.25, 0.3) is 5.91 Å². The fourth-order valence-corrected chi connectivity index (χ4v) is 5.68. The first-order chi connectivity index (χ1) is 14.1. The number of nitrogens with one attached hydrogen (secondary N) is 1. The number of nitrogens with zero attached hydrogens (tertiary/aromatic N) is 3. The topological polar surface area (TPSA) is 71.3 Å². The van der Waals surface area contributed by atoms with E-state index in [0.29, 0.717) is 11.7 Å². The Hall–Kier alpha value is -2.51. The predicted octanol–water partition coefficient (Wildman–Crippen LogP) is 3.40. The number of carbonyl (C=O) groups is 1. The lowest BCUT2D eigenvalue weighted by molar-refractivity contribution is 0.0934. The number of aryl methyl sites for hydroxylation is 1. The molecular weight excluding hydrogens is 384 g/mol. The zero-order chi connectivity index (χ0) is 19.8. The Kier molecular flexibility index (Phi) is 4.72. The minimum atomic E-state index is -0.192. The summed E-state index contributed by atoms with van der Waals surface area (Å²) in [7, 11) is 0. The van der Waals surface area contributed by atoms with Gasteiger partial charge in [0.05, 0.1) is 5.41 Å². The molecule has 2 fully saturated rings. The number of carbonyl (C=O) groups excluding carboxylic acids is 1. The highest BCUT2D eigenvalue weighted by Gasteiger charge is 2.57. The van der Waals surface area contributed by atoms with Crippen LogP contribution >= 0.6 is 11.3 Å². The SMILES string of the molecule is Cc1noc(C23CC(NC(=O)c4ccsc4)CC2CN(Cc2ccccc2)C3)n1. The molecule has 0 bridgehead atoms. The quantitative estimate of drug-likeness (QED) is 0.701. The highest BCUT2D eigenvalue weighted by Crippen LogP contribution is 2.50. The van der Waals surface area contributed by atoms with Crippen LogP contribution in [-0.2, 0) is 12.0 Å². The third-order valence-corrected chi connectivity index (χ3v) is 6.95. The van der Waals surface area contributed by atoms with Crippen molar-refractivity contribution in [2.45, 2.75) is 37.8 Å². The molecule has 3 aromatic rings. The molecule has 3 atom stereocenters. The average Bonchev–Trinajstić information content (AvgIpc) is 3.46. The Bertz CT molecular complexity index is 987. The van der Waals surface area contributed by atoms with Gasteiger partial charge in [-0.25, -0.2) is 0 Å². The van der Waals surface area contributed by atoms with Crippen molar-refractivity contribution in [2.24, 2.45) is 5.92 Å². The maximum Gasteiger partial charge on any atom is 0.252 e. The van der Waals surface area contributed by atoms with Gasteiger partial charge in [-0.2, -0.15) is 16.3 Å². The Morgan fingerprint density at radius 2 is 2.21 bits per heavy atom. The number of aromatic nitrogens is 2. The smallest absolute Gasteiger partial charge is 0.252 e. The Morgan fingerprint density at radius 1 is 1.34 bits per heavy atom. The minimum Gasteiger partial charge on any atom is -0.349 e. The van der Waals surface area contributed by atoms with E-state index in [1.165, 1.54) is 5.56 Å². The monoisotopic (exact) mass is 408 g/mol. The van der Waals surface area contributed by atoms with Crippen LogP contribution in [0.15, 0.2) is 51.7 Å². The third kappa shape index (κ3) is 3.49. The molecule has 1 aromatic carbocycles. The molecule has 1 saturated heterocycles. The number of rotatable bonds is 5. The number of thiophene rings is 1. The highest BCUT2D eigenvalue weighted by molar-refractivity contribution is 7.08. The Labute approximate surface area is 173 Å². The second-order valence-corrected chi connectivity index (χ2v) is 9.06. The van der Waals surface area contributed by atoms with E-state index in [2.05, 4.69) is 44.6 Å². The van der Waals surface area contributed by atoms with Crippen LogP contribution in [0.4, 0.5) is 0 Å². The highest BCUT2D eigenvalue weighted by atomic mass is 32.1. The number of likely N-dealkylation sites (tertiary alicyclic amines) is 1. The van der Waals surface area contributed by atoms with Crippen LogP contribution in [0.1, 0.15) is 40.5 Å². The van der Waals surface area contributed by atoms with Crippen molar-refractivity contribution in [1.82, 2.24) is 20.4 Å². The molecule has 0 spiro atoms. The van der Waals surface area contributed by atoms with Gasteiger partial charge in [0.2, 0.25) is 5.89 Å². The fraction of sp³-hybridized carbons (Fsp3) is 0.409. The Balaban J connectivity index is 1.36. The van der Waals surface area contributed by atoms with Gasteiger partial charge in [0.15, 0.2) is 5.82 Å². The second-order valence-electron chi connectivity index (χ2n) is 8.28. The zero-order valence-electron chi connectivity index (χ0n) is 16.4. The number of fused-ring (bicyclic) bond motifs is 1. The van der Waals surface area contributed by atoms with Gasteiger partial charge in [-0.3, -0.25) is 9.69 Å². The van der Waals surface area contributed by atoms with E-state index in [1.807, 2.05) is 29.8 Å². The van der Waals surface area contributed by atoms with Gasteiger partial charge in [-0.1, -0.05) is 35.5 Å². The van der Waals surface area contributed by atoms with Gasteiger partial charge in [-0.15, -0.1) is 0 Å². The molecule has 29 heavy (non-hydrogen) atoms. The van der Waals surface area contributed by atoms with E-state index in [0.717, 1.165) is 43.9 Å². The minimum absolute atomic E-state index is 0.00854. The maximum atomic E-state index is 12.6. The predicted molar refractivity (Wildman–Crippen MR) is 111 cm³/mol. The van der Waals surface area contributed by atoms with Crippen molar-refractivity contribution in [3.63, 3.8) is 0 Å². The van der Waals surface area contributed by atoms with E-state index < -0.39 is 0 Å². The Morgan fingerprint density at radius 3 is 2.93 bits per heavy atom. The van der Waals surface area contributed by atoms with Crippen molar-refractivity contribution in [2.75, 3.05) is 13.1 Å². The first-order valence-electron chi connectivity index (χ1n) is 10.0. The lowest BCUT2D eigenvalue weighted by Gasteiger charge is -2.25. The summed E-state index contributed by atoms with van der Waals surface area (Å²) in [4.78, 5) is 19.7. The van der Waals surface area contributed by atoms with Crippen LogP contribution in [0, 0.1) is 12.8 Å². The number of hydrogen-bond acceptors (Lipinski definition) is 6. The van der Waals surface area contributed by atoms with Gasteiger partial charge in [0.1, 0.15) is 0 Å². The number of benzene rings is 1. The van der Waals surface area contributed by atoms with Crippen molar-refractivity contribution in [3.05, 3.63) is 70.0 Å². The van der Waals surface area contributed by atoms with Crippen LogP contribution in [0.3, 0.4) is 0 Å². The largest absolute Gasteiger partial charge is 0.349 e. The van der Waals surface area contributed by atoms with E-state index in [4.69, 9.17) is 4.52 Å². The summed E-state index contributed by atoms with van der Waals surface area (Å²) >= 11 is 1.54. The van der Waals surface area contributed by atoms with Crippen LogP contribution in [-0.4, -0.2) is 40.1 Å². The third-order valence-electron chi connectivity index (χ3n) is 6.27. The van der Waals surface area contributed by atoms with Gasteiger partial charge in [-0.05, 0) is 42.7 Å². The summed E-state index contributed by atoms with van der Waals surface area (Å²) < 4.78 is 5.68. The van der Waals surface area contributed by atoms with Crippen LogP contribution in [0.25, 0.3) is 0 Å². The van der Waals surface area contributed by atoms with Crippen LogP contribution in [0.5, 0.6) is 0 Å². The van der Waals surface area contributed by atoms with E-state index in [-0.39, 0.29) is 17.4 Å². The second kappa shape index (κ2) is 7.39. The molecule has 1 saturated carbocycles. The summed E-state index contributed by atoms with van der Waals surface area (Å²) in [5.74, 6) is 1.79.